The number of hydrogen-bond acceptors (Lipinski definition) is 4. The Morgan fingerprint density at radius 3 is 2.52 bits per heavy atom. The largest absolute Gasteiger partial charge is 0.469 e. The number of ether oxygens (including phenoxy) is 1. The number of esters is 1. The van der Waals surface area contributed by atoms with Gasteiger partial charge in [0.1, 0.15) is 0 Å². The van der Waals surface area contributed by atoms with E-state index in [1.54, 1.807) is 0 Å². The molecule has 1 N–H and O–H groups in total. The lowest BCUT2D eigenvalue weighted by Crippen LogP contribution is -2.52. The van der Waals surface area contributed by atoms with Gasteiger partial charge in [-0.1, -0.05) is 37.3 Å². The average Bonchev–Trinajstić information content (AvgIpc) is 2.65. The first-order valence-electron chi connectivity index (χ1n) is 9.01. The highest BCUT2D eigenvalue weighted by atomic mass is 16.5. The molecule has 6 nitrogen and oxygen atoms in total. The molecule has 1 aliphatic heterocycles. The summed E-state index contributed by atoms with van der Waals surface area (Å²) in [5, 5.41) is 3.33. The van der Waals surface area contributed by atoms with Crippen LogP contribution in [-0.4, -0.2) is 68.1 Å². The minimum absolute atomic E-state index is 0.215. The number of nitrogens with one attached hydrogen (secondary N) is 1. The molecule has 0 aromatic heterocycles. The Labute approximate surface area is 150 Å². The molecule has 0 aliphatic carbocycles. The van der Waals surface area contributed by atoms with Gasteiger partial charge in [-0.2, -0.15) is 0 Å². The molecule has 0 radical (unpaired) electrons. The van der Waals surface area contributed by atoms with E-state index in [1.807, 2.05) is 6.92 Å². The first-order valence-corrected chi connectivity index (χ1v) is 9.01. The van der Waals surface area contributed by atoms with Crippen LogP contribution in [0.15, 0.2) is 35.3 Å². The fourth-order valence-electron chi connectivity index (χ4n) is 2.88. The van der Waals surface area contributed by atoms with Gasteiger partial charge in [0, 0.05) is 39.3 Å². The summed E-state index contributed by atoms with van der Waals surface area (Å²) in [5.41, 5.74) is 1.35. The molecule has 0 saturated carbocycles. The molecule has 1 fully saturated rings. The minimum Gasteiger partial charge on any atom is -0.469 e. The van der Waals surface area contributed by atoms with Crippen molar-refractivity contribution in [3.05, 3.63) is 35.9 Å². The van der Waals surface area contributed by atoms with Gasteiger partial charge in [0.2, 0.25) is 0 Å². The van der Waals surface area contributed by atoms with E-state index in [9.17, 15) is 4.79 Å². The van der Waals surface area contributed by atoms with E-state index < -0.39 is 0 Å². The molecule has 1 saturated heterocycles. The van der Waals surface area contributed by atoms with Crippen LogP contribution in [0.1, 0.15) is 19.4 Å². The minimum atomic E-state index is -0.224. The number of benzene rings is 1. The number of carbonyl (C=O) groups excluding carboxylic acids is 1. The highest BCUT2D eigenvalue weighted by molar-refractivity contribution is 5.80. The Morgan fingerprint density at radius 1 is 1.24 bits per heavy atom. The second-order valence-electron chi connectivity index (χ2n) is 6.37. The second kappa shape index (κ2) is 10.0. The van der Waals surface area contributed by atoms with Gasteiger partial charge in [0.05, 0.1) is 19.6 Å². The highest BCUT2D eigenvalue weighted by Gasteiger charge is 2.20. The number of guanidine groups is 1. The van der Waals surface area contributed by atoms with Crippen LogP contribution in [-0.2, 0) is 16.1 Å². The molecule has 25 heavy (non-hydrogen) atoms. The first-order chi connectivity index (χ1) is 12.1. The molecule has 1 atom stereocenters. The zero-order valence-electron chi connectivity index (χ0n) is 15.6. The lowest BCUT2D eigenvalue weighted by Gasteiger charge is -2.36. The second-order valence-corrected chi connectivity index (χ2v) is 6.37. The van der Waals surface area contributed by atoms with Gasteiger partial charge in [-0.15, -0.1) is 0 Å². The van der Waals surface area contributed by atoms with Crippen molar-refractivity contribution < 1.29 is 9.53 Å². The maximum absolute atomic E-state index is 11.5. The number of piperazine rings is 1. The van der Waals surface area contributed by atoms with E-state index in [2.05, 4.69) is 57.4 Å². The van der Waals surface area contributed by atoms with Crippen molar-refractivity contribution in [2.45, 2.75) is 20.4 Å². The van der Waals surface area contributed by atoms with Crippen molar-refractivity contribution >= 4 is 11.9 Å². The SMILES string of the molecule is CCNC(=NCC(C)C(=O)OC)N1CCN(Cc2ccccc2)CC1. The zero-order valence-corrected chi connectivity index (χ0v) is 15.6. The monoisotopic (exact) mass is 346 g/mol. The molecular formula is C19H30N4O2. The van der Waals surface area contributed by atoms with Crippen LogP contribution in [0.2, 0.25) is 0 Å². The van der Waals surface area contributed by atoms with Crippen LogP contribution < -0.4 is 5.32 Å². The van der Waals surface area contributed by atoms with Gasteiger partial charge in [-0.05, 0) is 12.5 Å². The van der Waals surface area contributed by atoms with Gasteiger partial charge in [-0.3, -0.25) is 14.7 Å². The summed E-state index contributed by atoms with van der Waals surface area (Å²) >= 11 is 0. The predicted molar refractivity (Wildman–Crippen MR) is 100 cm³/mol. The standard InChI is InChI=1S/C19H30N4O2/c1-4-20-19(21-14-16(2)18(24)25-3)23-12-10-22(11-13-23)15-17-8-6-5-7-9-17/h5-9,16H,4,10-15H2,1-3H3,(H,20,21). The van der Waals surface area contributed by atoms with Crippen LogP contribution in [0.4, 0.5) is 0 Å². The average molecular weight is 346 g/mol. The Balaban J connectivity index is 1.87. The van der Waals surface area contributed by atoms with Gasteiger partial charge in [0.15, 0.2) is 5.96 Å². The van der Waals surface area contributed by atoms with Crippen LogP contribution in [0.5, 0.6) is 0 Å². The van der Waals surface area contributed by atoms with Gasteiger partial charge >= 0.3 is 5.97 Å². The third-order valence-corrected chi connectivity index (χ3v) is 4.37. The molecule has 1 heterocycles. The van der Waals surface area contributed by atoms with Crippen LogP contribution in [0, 0.1) is 5.92 Å². The summed E-state index contributed by atoms with van der Waals surface area (Å²) < 4.78 is 4.77. The molecule has 0 spiro atoms. The molecule has 1 unspecified atom stereocenters. The Morgan fingerprint density at radius 2 is 1.92 bits per heavy atom. The number of methoxy groups -OCH3 is 1. The molecule has 0 bridgehead atoms. The maximum Gasteiger partial charge on any atom is 0.310 e. The summed E-state index contributed by atoms with van der Waals surface area (Å²) in [6, 6.07) is 10.6. The fourth-order valence-corrected chi connectivity index (χ4v) is 2.88. The molecule has 138 valence electrons. The van der Waals surface area contributed by atoms with Gasteiger partial charge < -0.3 is 15.0 Å². The van der Waals surface area contributed by atoms with Gasteiger partial charge in [0.25, 0.3) is 0 Å². The lowest BCUT2D eigenvalue weighted by atomic mass is 10.2. The first kappa shape index (κ1) is 19.2. The molecular weight excluding hydrogens is 316 g/mol. The Hall–Kier alpha value is -2.08. The van der Waals surface area contributed by atoms with Crippen molar-refractivity contribution in [3.8, 4) is 0 Å². The summed E-state index contributed by atoms with van der Waals surface area (Å²) in [4.78, 5) is 20.9. The van der Waals surface area contributed by atoms with E-state index >= 15 is 0 Å². The van der Waals surface area contributed by atoms with E-state index in [0.717, 1.165) is 45.2 Å². The number of rotatable bonds is 6. The van der Waals surface area contributed by atoms with Crippen molar-refractivity contribution in [3.63, 3.8) is 0 Å². The smallest absolute Gasteiger partial charge is 0.310 e. The van der Waals surface area contributed by atoms with E-state index in [-0.39, 0.29) is 11.9 Å². The van der Waals surface area contributed by atoms with Crippen molar-refractivity contribution in [2.24, 2.45) is 10.9 Å². The van der Waals surface area contributed by atoms with Crippen molar-refractivity contribution in [2.75, 3.05) is 46.4 Å². The molecule has 2 rings (SSSR count). The molecule has 1 aliphatic rings. The quantitative estimate of drug-likeness (QED) is 0.481. The molecule has 0 amide bonds. The molecule has 6 heteroatoms. The van der Waals surface area contributed by atoms with Gasteiger partial charge in [-0.25, -0.2) is 0 Å². The van der Waals surface area contributed by atoms with Crippen molar-refractivity contribution in [1.29, 1.82) is 0 Å². The number of nitrogens with zero attached hydrogens (tertiary/aromatic N) is 3. The lowest BCUT2D eigenvalue weighted by molar-refractivity contribution is -0.144. The fraction of sp³-hybridized carbons (Fsp3) is 0.579. The molecule has 1 aromatic carbocycles. The van der Waals surface area contributed by atoms with Crippen LogP contribution >= 0.6 is 0 Å². The maximum atomic E-state index is 11.5. The van der Waals surface area contributed by atoms with E-state index in [0.29, 0.717) is 6.54 Å². The highest BCUT2D eigenvalue weighted by Crippen LogP contribution is 2.09. The number of hydrogen-bond donors (Lipinski definition) is 1. The number of aliphatic imine (C=N–C) groups is 1. The van der Waals surface area contributed by atoms with Crippen LogP contribution in [0.3, 0.4) is 0 Å². The summed E-state index contributed by atoms with van der Waals surface area (Å²) in [5.74, 6) is 0.447. The zero-order chi connectivity index (χ0) is 18.1. The summed E-state index contributed by atoms with van der Waals surface area (Å²) in [7, 11) is 1.42. The predicted octanol–water partition coefficient (Wildman–Crippen LogP) is 1.58. The van der Waals surface area contributed by atoms with E-state index in [1.165, 1.54) is 12.7 Å². The normalized spacial score (nSPS) is 17.2. The van der Waals surface area contributed by atoms with Crippen LogP contribution in [0.25, 0.3) is 0 Å². The number of carbonyl (C=O) groups is 1. The summed E-state index contributed by atoms with van der Waals surface area (Å²) in [6.45, 7) is 10.0. The molecule has 1 aromatic rings. The van der Waals surface area contributed by atoms with E-state index in [4.69, 9.17) is 4.74 Å². The van der Waals surface area contributed by atoms with Crippen molar-refractivity contribution in [1.82, 2.24) is 15.1 Å². The third kappa shape index (κ3) is 6.05. The Bertz CT molecular complexity index is 554. The Kier molecular flexibility index (Phi) is 7.73. The third-order valence-electron chi connectivity index (χ3n) is 4.37. The summed E-state index contributed by atoms with van der Waals surface area (Å²) in [6.07, 6.45) is 0. The topological polar surface area (TPSA) is 57.2 Å².